The summed E-state index contributed by atoms with van der Waals surface area (Å²) in [5, 5.41) is 8.11. The highest BCUT2D eigenvalue weighted by Gasteiger charge is 2.33. The maximum Gasteiger partial charge on any atom is 0.435 e. The molecule has 0 aliphatic carbocycles. The molecular weight excluding hydrogens is 357 g/mol. The molecule has 0 atom stereocenters. The van der Waals surface area contributed by atoms with E-state index in [1.165, 1.54) is 6.07 Å². The normalized spacial score (nSPS) is 16.1. The number of rotatable bonds is 3. The van der Waals surface area contributed by atoms with E-state index in [1.54, 1.807) is 0 Å². The molecule has 5 nitrogen and oxygen atoms in total. The summed E-state index contributed by atoms with van der Waals surface area (Å²) in [5.41, 5.74) is 0.144. The number of anilines is 1. The lowest BCUT2D eigenvalue weighted by molar-refractivity contribution is -0.141. The van der Waals surface area contributed by atoms with Crippen molar-refractivity contribution in [3.05, 3.63) is 48.3 Å². The van der Waals surface area contributed by atoms with Crippen LogP contribution in [0.4, 0.5) is 19.0 Å². The van der Waals surface area contributed by atoms with E-state index in [0.29, 0.717) is 18.9 Å². The first-order valence-corrected chi connectivity index (χ1v) is 8.78. The lowest BCUT2D eigenvalue weighted by Crippen LogP contribution is -2.38. The van der Waals surface area contributed by atoms with Gasteiger partial charge in [0.15, 0.2) is 11.5 Å². The van der Waals surface area contributed by atoms with E-state index in [1.807, 2.05) is 47.0 Å². The van der Waals surface area contributed by atoms with E-state index in [9.17, 15) is 13.2 Å². The van der Waals surface area contributed by atoms with Gasteiger partial charge in [0.1, 0.15) is 11.9 Å². The number of aromatic nitrogens is 3. The van der Waals surface area contributed by atoms with Crippen molar-refractivity contribution >= 4 is 16.7 Å². The van der Waals surface area contributed by atoms with Crippen molar-refractivity contribution in [3.63, 3.8) is 0 Å². The van der Waals surface area contributed by atoms with E-state index < -0.39 is 11.9 Å². The summed E-state index contributed by atoms with van der Waals surface area (Å²) in [6, 6.07) is 10.4. The number of ether oxygens (including phenoxy) is 1. The second-order valence-electron chi connectivity index (χ2n) is 6.69. The van der Waals surface area contributed by atoms with Crippen LogP contribution in [0.1, 0.15) is 18.5 Å². The van der Waals surface area contributed by atoms with Gasteiger partial charge in [0, 0.05) is 44.6 Å². The van der Waals surface area contributed by atoms with Gasteiger partial charge in [0.25, 0.3) is 0 Å². The van der Waals surface area contributed by atoms with Gasteiger partial charge in [-0.15, -0.1) is 10.2 Å². The summed E-state index contributed by atoms with van der Waals surface area (Å²) in [4.78, 5) is 1.94. The number of piperidine rings is 1. The van der Waals surface area contributed by atoms with Crippen LogP contribution in [0, 0.1) is 0 Å². The Bertz CT molecular complexity index is 928. The van der Waals surface area contributed by atoms with E-state index in [0.717, 1.165) is 35.6 Å². The smallest absolute Gasteiger partial charge is 0.435 e. The number of hydrogen-bond acceptors (Lipinski definition) is 4. The molecule has 8 heteroatoms. The SMILES string of the molecule is Cn1ccc2c(OC3CCN(c4ccc(C(F)(F)F)nn4)CC3)cccc21. The van der Waals surface area contributed by atoms with Crippen molar-refractivity contribution in [3.8, 4) is 5.75 Å². The molecule has 0 spiro atoms. The van der Waals surface area contributed by atoms with Crippen LogP contribution >= 0.6 is 0 Å². The van der Waals surface area contributed by atoms with Gasteiger partial charge in [-0.1, -0.05) is 6.07 Å². The molecule has 0 N–H and O–H groups in total. The molecular formula is C19H19F3N4O. The number of aryl methyl sites for hydroxylation is 1. The van der Waals surface area contributed by atoms with Gasteiger partial charge in [-0.25, -0.2) is 0 Å². The lowest BCUT2D eigenvalue weighted by atomic mass is 10.1. The van der Waals surface area contributed by atoms with Crippen LogP contribution in [0.15, 0.2) is 42.6 Å². The van der Waals surface area contributed by atoms with Crippen LogP contribution < -0.4 is 9.64 Å². The summed E-state index contributed by atoms with van der Waals surface area (Å²) in [6.07, 6.45) is -0.860. The molecule has 1 fully saturated rings. The van der Waals surface area contributed by atoms with E-state index in [-0.39, 0.29) is 6.10 Å². The van der Waals surface area contributed by atoms with Crippen LogP contribution in [0.5, 0.6) is 5.75 Å². The second-order valence-corrected chi connectivity index (χ2v) is 6.69. The van der Waals surface area contributed by atoms with Crippen molar-refractivity contribution in [1.29, 1.82) is 0 Å². The van der Waals surface area contributed by atoms with E-state index >= 15 is 0 Å². The summed E-state index contributed by atoms with van der Waals surface area (Å²) < 4.78 is 46.1. The highest BCUT2D eigenvalue weighted by Crippen LogP contribution is 2.30. The molecule has 3 heterocycles. The predicted octanol–water partition coefficient (Wildman–Crippen LogP) is 4.03. The van der Waals surface area contributed by atoms with Gasteiger partial charge in [-0.2, -0.15) is 13.2 Å². The quantitative estimate of drug-likeness (QED) is 0.692. The highest BCUT2D eigenvalue weighted by molar-refractivity contribution is 5.86. The number of benzene rings is 1. The maximum atomic E-state index is 12.6. The third-order valence-corrected chi connectivity index (χ3v) is 4.89. The molecule has 0 unspecified atom stereocenters. The zero-order valence-corrected chi connectivity index (χ0v) is 14.8. The van der Waals surface area contributed by atoms with Crippen LogP contribution in [-0.2, 0) is 13.2 Å². The van der Waals surface area contributed by atoms with Crippen molar-refractivity contribution in [1.82, 2.24) is 14.8 Å². The zero-order chi connectivity index (χ0) is 19.0. The first-order valence-electron chi connectivity index (χ1n) is 8.78. The van der Waals surface area contributed by atoms with Crippen LogP contribution in [0.2, 0.25) is 0 Å². The van der Waals surface area contributed by atoms with Gasteiger partial charge >= 0.3 is 6.18 Å². The van der Waals surface area contributed by atoms with Crippen LogP contribution in [0.25, 0.3) is 10.9 Å². The minimum absolute atomic E-state index is 0.0643. The van der Waals surface area contributed by atoms with Crippen molar-refractivity contribution < 1.29 is 17.9 Å². The number of nitrogens with zero attached hydrogens (tertiary/aromatic N) is 4. The molecule has 1 aliphatic rings. The molecule has 0 amide bonds. The van der Waals surface area contributed by atoms with Crippen molar-refractivity contribution in [2.75, 3.05) is 18.0 Å². The number of hydrogen-bond donors (Lipinski definition) is 0. The Hall–Kier alpha value is -2.77. The molecule has 4 rings (SSSR count). The maximum absolute atomic E-state index is 12.6. The van der Waals surface area contributed by atoms with Gasteiger partial charge < -0.3 is 14.2 Å². The number of halogens is 3. The molecule has 0 radical (unpaired) electrons. The Kier molecular flexibility index (Phi) is 4.41. The van der Waals surface area contributed by atoms with Crippen molar-refractivity contribution in [2.45, 2.75) is 25.1 Å². The third kappa shape index (κ3) is 3.56. The monoisotopic (exact) mass is 376 g/mol. The van der Waals surface area contributed by atoms with E-state index in [2.05, 4.69) is 10.2 Å². The largest absolute Gasteiger partial charge is 0.490 e. The molecule has 2 aromatic heterocycles. The van der Waals surface area contributed by atoms with Crippen LogP contribution in [-0.4, -0.2) is 34.0 Å². The summed E-state index contributed by atoms with van der Waals surface area (Å²) in [6.45, 7) is 1.32. The number of alkyl halides is 3. The second kappa shape index (κ2) is 6.75. The Morgan fingerprint density at radius 3 is 2.48 bits per heavy atom. The standard InChI is InChI=1S/C19H19F3N4O/c1-25-10-9-14-15(25)3-2-4-16(14)27-13-7-11-26(12-8-13)18-6-5-17(23-24-18)19(20,21)22/h2-6,9-10,13H,7-8,11-12H2,1H3. The first kappa shape index (κ1) is 17.6. The van der Waals surface area contributed by atoms with Gasteiger partial charge in [0.05, 0.1) is 5.52 Å². The first-order chi connectivity index (χ1) is 12.9. The zero-order valence-electron chi connectivity index (χ0n) is 14.8. The van der Waals surface area contributed by atoms with Gasteiger partial charge in [0.2, 0.25) is 0 Å². The summed E-state index contributed by atoms with van der Waals surface area (Å²) in [7, 11) is 2.00. The summed E-state index contributed by atoms with van der Waals surface area (Å²) >= 11 is 0. The van der Waals surface area contributed by atoms with Gasteiger partial charge in [-0.05, 0) is 30.3 Å². The molecule has 1 saturated heterocycles. The molecule has 1 aromatic carbocycles. The minimum Gasteiger partial charge on any atom is -0.490 e. The topological polar surface area (TPSA) is 43.2 Å². The summed E-state index contributed by atoms with van der Waals surface area (Å²) in [5.74, 6) is 1.33. The fourth-order valence-electron chi connectivity index (χ4n) is 3.40. The molecule has 1 aliphatic heterocycles. The van der Waals surface area contributed by atoms with Gasteiger partial charge in [-0.3, -0.25) is 0 Å². The fourth-order valence-corrected chi connectivity index (χ4v) is 3.40. The Balaban J connectivity index is 1.40. The average Bonchev–Trinajstić information content (AvgIpc) is 3.04. The Morgan fingerprint density at radius 2 is 1.81 bits per heavy atom. The number of fused-ring (bicyclic) bond motifs is 1. The molecule has 0 bridgehead atoms. The molecule has 142 valence electrons. The fraction of sp³-hybridized carbons (Fsp3) is 0.368. The van der Waals surface area contributed by atoms with Crippen LogP contribution in [0.3, 0.4) is 0 Å². The van der Waals surface area contributed by atoms with Crippen molar-refractivity contribution in [2.24, 2.45) is 7.05 Å². The lowest BCUT2D eigenvalue weighted by Gasteiger charge is -2.32. The van der Waals surface area contributed by atoms with E-state index in [4.69, 9.17) is 4.74 Å². The Morgan fingerprint density at radius 1 is 1.04 bits per heavy atom. The minimum atomic E-state index is -4.47. The third-order valence-electron chi connectivity index (χ3n) is 4.89. The Labute approximate surface area is 154 Å². The molecule has 0 saturated carbocycles. The predicted molar refractivity (Wildman–Crippen MR) is 95.8 cm³/mol. The molecule has 3 aromatic rings. The molecule has 27 heavy (non-hydrogen) atoms. The average molecular weight is 376 g/mol. The highest BCUT2D eigenvalue weighted by atomic mass is 19.4.